The highest BCUT2D eigenvalue weighted by Crippen LogP contribution is 2.45. The Morgan fingerprint density at radius 1 is 1.35 bits per heavy atom. The summed E-state index contributed by atoms with van der Waals surface area (Å²) in [5.41, 5.74) is -0.0632. The fourth-order valence-corrected chi connectivity index (χ4v) is 3.41. The molecule has 2 aliphatic rings. The van der Waals surface area contributed by atoms with Crippen molar-refractivity contribution >= 4 is 29.4 Å². The predicted molar refractivity (Wildman–Crippen MR) is 82.5 cm³/mol. The number of amides is 2. The van der Waals surface area contributed by atoms with Crippen molar-refractivity contribution in [1.29, 1.82) is 0 Å². The van der Waals surface area contributed by atoms with Crippen molar-refractivity contribution in [3.63, 3.8) is 0 Å². The van der Waals surface area contributed by atoms with E-state index in [2.05, 4.69) is 5.32 Å². The van der Waals surface area contributed by atoms with Crippen LogP contribution in [0.4, 0.5) is 0 Å². The highest BCUT2D eigenvalue weighted by Gasteiger charge is 2.59. The number of nitrogens with one attached hydrogen (secondary N) is 1. The van der Waals surface area contributed by atoms with E-state index in [-0.39, 0.29) is 30.2 Å². The SMILES string of the molecule is COC(=O)[C@H]1C[C@]2(C1)C(=O)NCC(=O)N2Cc1ccc(Cl)cc1. The highest BCUT2D eigenvalue weighted by atomic mass is 35.5. The first kappa shape index (κ1) is 15.8. The molecule has 23 heavy (non-hydrogen) atoms. The molecule has 0 atom stereocenters. The van der Waals surface area contributed by atoms with Crippen LogP contribution in [0.1, 0.15) is 18.4 Å². The van der Waals surface area contributed by atoms with Crippen LogP contribution in [-0.2, 0) is 25.7 Å². The smallest absolute Gasteiger partial charge is 0.308 e. The molecule has 1 aromatic carbocycles. The summed E-state index contributed by atoms with van der Waals surface area (Å²) in [6, 6.07) is 7.14. The summed E-state index contributed by atoms with van der Waals surface area (Å²) >= 11 is 5.87. The van der Waals surface area contributed by atoms with Crippen LogP contribution >= 0.6 is 11.6 Å². The van der Waals surface area contributed by atoms with Crippen LogP contribution in [0.15, 0.2) is 24.3 Å². The van der Waals surface area contributed by atoms with Crippen molar-refractivity contribution in [2.24, 2.45) is 5.92 Å². The van der Waals surface area contributed by atoms with Gasteiger partial charge in [0.05, 0.1) is 19.6 Å². The van der Waals surface area contributed by atoms with Crippen molar-refractivity contribution < 1.29 is 19.1 Å². The molecule has 0 unspecified atom stereocenters. The molecule has 122 valence electrons. The number of methoxy groups -OCH3 is 1. The summed E-state index contributed by atoms with van der Waals surface area (Å²) in [5, 5.41) is 3.24. The van der Waals surface area contributed by atoms with Gasteiger partial charge in [0, 0.05) is 11.6 Å². The predicted octanol–water partition coefficient (Wildman–Crippen LogP) is 1.12. The second-order valence-electron chi connectivity index (χ2n) is 5.95. The lowest BCUT2D eigenvalue weighted by molar-refractivity contribution is -0.173. The Labute approximate surface area is 138 Å². The van der Waals surface area contributed by atoms with Crippen molar-refractivity contribution in [1.82, 2.24) is 10.2 Å². The second kappa shape index (κ2) is 5.85. The zero-order valence-corrected chi connectivity index (χ0v) is 13.4. The van der Waals surface area contributed by atoms with Gasteiger partial charge in [-0.3, -0.25) is 14.4 Å². The molecule has 1 aliphatic carbocycles. The lowest BCUT2D eigenvalue weighted by atomic mass is 9.65. The molecule has 6 nitrogen and oxygen atoms in total. The Hall–Kier alpha value is -2.08. The van der Waals surface area contributed by atoms with E-state index in [1.165, 1.54) is 7.11 Å². The van der Waals surface area contributed by atoms with Gasteiger partial charge in [-0.25, -0.2) is 0 Å². The van der Waals surface area contributed by atoms with E-state index in [0.717, 1.165) is 5.56 Å². The summed E-state index contributed by atoms with van der Waals surface area (Å²) < 4.78 is 4.73. The Bertz CT molecular complexity index is 653. The van der Waals surface area contributed by atoms with Gasteiger partial charge in [-0.2, -0.15) is 0 Å². The number of nitrogens with zero attached hydrogens (tertiary/aromatic N) is 1. The molecule has 7 heteroatoms. The molecular weight excluding hydrogens is 320 g/mol. The van der Waals surface area contributed by atoms with Gasteiger partial charge in [0.15, 0.2) is 0 Å². The number of esters is 1. The lowest BCUT2D eigenvalue weighted by Crippen LogP contribution is -2.72. The summed E-state index contributed by atoms with van der Waals surface area (Å²) in [6.07, 6.45) is 0.593. The van der Waals surface area contributed by atoms with E-state index in [4.69, 9.17) is 16.3 Å². The third-order valence-corrected chi connectivity index (χ3v) is 4.85. The molecule has 2 fully saturated rings. The maximum Gasteiger partial charge on any atom is 0.308 e. The molecular formula is C16H17ClN2O4. The molecule has 2 amide bonds. The topological polar surface area (TPSA) is 75.7 Å². The minimum absolute atomic E-state index is 0.0168. The number of piperazine rings is 1. The third kappa shape index (κ3) is 2.67. The van der Waals surface area contributed by atoms with E-state index in [9.17, 15) is 14.4 Å². The van der Waals surface area contributed by atoms with E-state index in [1.807, 2.05) is 12.1 Å². The molecule has 1 saturated heterocycles. The molecule has 0 bridgehead atoms. The highest BCUT2D eigenvalue weighted by molar-refractivity contribution is 6.30. The second-order valence-corrected chi connectivity index (χ2v) is 6.39. The van der Waals surface area contributed by atoms with Gasteiger partial charge in [-0.15, -0.1) is 0 Å². The maximum absolute atomic E-state index is 12.4. The largest absolute Gasteiger partial charge is 0.469 e. The quantitative estimate of drug-likeness (QED) is 0.839. The van der Waals surface area contributed by atoms with Crippen molar-refractivity contribution in [3.8, 4) is 0 Å². The first-order valence-electron chi connectivity index (χ1n) is 7.37. The Morgan fingerprint density at radius 3 is 2.61 bits per heavy atom. The van der Waals surface area contributed by atoms with Crippen LogP contribution in [0.2, 0.25) is 5.02 Å². The summed E-state index contributed by atoms with van der Waals surface area (Å²) in [5.74, 6) is -1.04. The zero-order chi connectivity index (χ0) is 16.6. The fourth-order valence-electron chi connectivity index (χ4n) is 3.28. The van der Waals surface area contributed by atoms with E-state index < -0.39 is 5.54 Å². The zero-order valence-electron chi connectivity index (χ0n) is 12.7. The minimum Gasteiger partial charge on any atom is -0.469 e. The van der Waals surface area contributed by atoms with E-state index in [0.29, 0.717) is 24.4 Å². The van der Waals surface area contributed by atoms with Gasteiger partial charge in [-0.1, -0.05) is 23.7 Å². The normalized spacial score (nSPS) is 26.7. The Balaban J connectivity index is 1.83. The van der Waals surface area contributed by atoms with Crippen LogP contribution in [0.3, 0.4) is 0 Å². The van der Waals surface area contributed by atoms with E-state index >= 15 is 0 Å². The summed E-state index contributed by atoms with van der Waals surface area (Å²) in [7, 11) is 1.32. The van der Waals surface area contributed by atoms with E-state index in [1.54, 1.807) is 17.0 Å². The molecule has 0 radical (unpaired) electrons. The van der Waals surface area contributed by atoms with Crippen LogP contribution in [0.5, 0.6) is 0 Å². The third-order valence-electron chi connectivity index (χ3n) is 4.60. The molecule has 1 saturated carbocycles. The number of halogens is 1. The van der Waals surface area contributed by atoms with Crippen molar-refractivity contribution in [2.75, 3.05) is 13.7 Å². The Morgan fingerprint density at radius 2 is 2.00 bits per heavy atom. The molecule has 0 aromatic heterocycles. The van der Waals surface area contributed by atoms with Crippen LogP contribution < -0.4 is 5.32 Å². The number of hydrogen-bond acceptors (Lipinski definition) is 4. The number of hydrogen-bond donors (Lipinski definition) is 1. The van der Waals surface area contributed by atoms with Gasteiger partial charge in [0.2, 0.25) is 11.8 Å². The fraction of sp³-hybridized carbons (Fsp3) is 0.438. The average Bonchev–Trinajstić information content (AvgIpc) is 2.51. The molecule has 1 N–H and O–H groups in total. The standard InChI is InChI=1S/C16H17ClN2O4/c1-23-14(21)11-6-16(7-11)15(22)18-8-13(20)19(16)9-10-2-4-12(17)5-3-10/h2-5,11H,6-9H2,1H3,(H,18,22)/t11-,16-. The number of benzene rings is 1. The monoisotopic (exact) mass is 336 g/mol. The summed E-state index contributed by atoms with van der Waals surface area (Å²) in [6.45, 7) is 0.300. The van der Waals surface area contributed by atoms with Gasteiger partial charge in [-0.05, 0) is 30.5 Å². The van der Waals surface area contributed by atoms with Gasteiger partial charge in [0.1, 0.15) is 5.54 Å². The maximum atomic E-state index is 12.4. The van der Waals surface area contributed by atoms with Crippen molar-refractivity contribution in [3.05, 3.63) is 34.9 Å². The van der Waals surface area contributed by atoms with Crippen LogP contribution in [0.25, 0.3) is 0 Å². The lowest BCUT2D eigenvalue weighted by Gasteiger charge is -2.53. The number of ether oxygens (including phenoxy) is 1. The molecule has 1 heterocycles. The van der Waals surface area contributed by atoms with Crippen LogP contribution in [0, 0.1) is 5.92 Å². The number of carbonyl (C=O) groups is 3. The first-order valence-corrected chi connectivity index (χ1v) is 7.75. The van der Waals surface area contributed by atoms with Gasteiger partial charge < -0.3 is 15.0 Å². The molecule has 3 rings (SSSR count). The first-order chi connectivity index (χ1) is 11.0. The van der Waals surface area contributed by atoms with Crippen molar-refractivity contribution in [2.45, 2.75) is 24.9 Å². The average molecular weight is 337 g/mol. The van der Waals surface area contributed by atoms with Crippen LogP contribution in [-0.4, -0.2) is 41.9 Å². The minimum atomic E-state index is -0.951. The summed E-state index contributed by atoms with van der Waals surface area (Å²) in [4.78, 5) is 37.9. The van der Waals surface area contributed by atoms with Gasteiger partial charge in [0.25, 0.3) is 0 Å². The Kier molecular flexibility index (Phi) is 4.02. The number of rotatable bonds is 3. The molecule has 1 spiro atoms. The molecule has 1 aliphatic heterocycles. The molecule has 1 aromatic rings. The number of carbonyl (C=O) groups excluding carboxylic acids is 3. The van der Waals surface area contributed by atoms with Gasteiger partial charge >= 0.3 is 5.97 Å².